The van der Waals surface area contributed by atoms with Gasteiger partial charge in [0.15, 0.2) is 0 Å². The van der Waals surface area contributed by atoms with Crippen molar-refractivity contribution in [2.24, 2.45) is 0 Å². The average molecular weight is 374 g/mol. The Balaban J connectivity index is 1.35. The zero-order chi connectivity index (χ0) is 18.9. The number of fused-ring (bicyclic) bond motifs is 1. The molecular weight excluding hydrogens is 348 g/mol. The fraction of sp³-hybridized carbons (Fsp3) is 0.391. The molecule has 144 valence electrons. The molecule has 0 bridgehead atoms. The molecule has 0 spiro atoms. The number of nitrogens with zero attached hydrogens (tertiary/aromatic N) is 4. The van der Waals surface area contributed by atoms with Crippen LogP contribution in [0.4, 0.5) is 5.95 Å². The fourth-order valence-electron chi connectivity index (χ4n) is 4.55. The summed E-state index contributed by atoms with van der Waals surface area (Å²) in [6, 6.07) is 17.4. The zero-order valence-electron chi connectivity index (χ0n) is 16.0. The Morgan fingerprint density at radius 3 is 2.71 bits per heavy atom. The van der Waals surface area contributed by atoms with Crippen molar-refractivity contribution in [3.8, 4) is 11.3 Å². The minimum absolute atomic E-state index is 0.171. The van der Waals surface area contributed by atoms with Gasteiger partial charge in [-0.15, -0.1) is 0 Å². The summed E-state index contributed by atoms with van der Waals surface area (Å²) in [5.41, 5.74) is 2.09. The lowest BCUT2D eigenvalue weighted by Gasteiger charge is -2.34. The molecule has 2 saturated heterocycles. The Morgan fingerprint density at radius 1 is 0.929 bits per heavy atom. The molecule has 0 saturated carbocycles. The number of rotatable bonds is 3. The molecule has 5 heteroatoms. The van der Waals surface area contributed by atoms with Crippen LogP contribution in [0.15, 0.2) is 54.7 Å². The fourth-order valence-corrected chi connectivity index (χ4v) is 4.55. The highest BCUT2D eigenvalue weighted by atomic mass is 16.3. The summed E-state index contributed by atoms with van der Waals surface area (Å²) in [4.78, 5) is 14.2. The standard InChI is InChI=1S/C23H26N4O/c28-21-6-3-12-26(16-21)20-10-13-27(15-20)23-24-11-9-22(25-23)19-8-7-17-4-1-2-5-18(17)14-19/h1-2,4-5,7-9,11,14,20-21,28H,3,6,10,12-13,15-16H2/t20-,21-/m0/s1. The van der Waals surface area contributed by atoms with Crippen LogP contribution >= 0.6 is 0 Å². The summed E-state index contributed by atoms with van der Waals surface area (Å²) >= 11 is 0. The number of benzene rings is 2. The quantitative estimate of drug-likeness (QED) is 0.762. The second-order valence-electron chi connectivity index (χ2n) is 7.98. The first-order valence-corrected chi connectivity index (χ1v) is 10.3. The van der Waals surface area contributed by atoms with E-state index >= 15 is 0 Å². The number of hydrogen-bond acceptors (Lipinski definition) is 5. The average Bonchev–Trinajstić information content (AvgIpc) is 3.24. The summed E-state index contributed by atoms with van der Waals surface area (Å²) in [6.07, 6.45) is 4.83. The topological polar surface area (TPSA) is 52.5 Å². The van der Waals surface area contributed by atoms with Crippen molar-refractivity contribution in [3.63, 3.8) is 0 Å². The Labute approximate surface area is 165 Å². The molecule has 3 heterocycles. The molecule has 2 aliphatic heterocycles. The number of aliphatic hydroxyl groups is 1. The minimum atomic E-state index is -0.171. The largest absolute Gasteiger partial charge is 0.392 e. The van der Waals surface area contributed by atoms with E-state index < -0.39 is 0 Å². The van der Waals surface area contributed by atoms with Gasteiger partial charge in [-0.3, -0.25) is 4.90 Å². The van der Waals surface area contributed by atoms with Crippen molar-refractivity contribution in [1.82, 2.24) is 14.9 Å². The first-order valence-electron chi connectivity index (χ1n) is 10.3. The van der Waals surface area contributed by atoms with Gasteiger partial charge in [-0.25, -0.2) is 9.97 Å². The van der Waals surface area contributed by atoms with E-state index in [1.807, 2.05) is 12.3 Å². The molecule has 0 unspecified atom stereocenters. The molecule has 0 aliphatic carbocycles. The maximum absolute atomic E-state index is 9.98. The van der Waals surface area contributed by atoms with E-state index in [4.69, 9.17) is 4.98 Å². The molecule has 28 heavy (non-hydrogen) atoms. The smallest absolute Gasteiger partial charge is 0.225 e. The minimum Gasteiger partial charge on any atom is -0.392 e. The molecule has 3 aromatic rings. The van der Waals surface area contributed by atoms with Crippen LogP contribution in [0, 0.1) is 0 Å². The predicted molar refractivity (Wildman–Crippen MR) is 112 cm³/mol. The van der Waals surface area contributed by atoms with Gasteiger partial charge in [-0.1, -0.05) is 36.4 Å². The number of aromatic nitrogens is 2. The maximum Gasteiger partial charge on any atom is 0.225 e. The van der Waals surface area contributed by atoms with Crippen LogP contribution in [0.5, 0.6) is 0 Å². The van der Waals surface area contributed by atoms with Crippen molar-refractivity contribution in [3.05, 3.63) is 54.7 Å². The summed E-state index contributed by atoms with van der Waals surface area (Å²) in [5, 5.41) is 12.4. The maximum atomic E-state index is 9.98. The third-order valence-electron chi connectivity index (χ3n) is 6.08. The lowest BCUT2D eigenvalue weighted by molar-refractivity contribution is 0.0513. The molecule has 0 radical (unpaired) electrons. The van der Waals surface area contributed by atoms with E-state index in [0.29, 0.717) is 6.04 Å². The van der Waals surface area contributed by atoms with Gasteiger partial charge < -0.3 is 10.0 Å². The van der Waals surface area contributed by atoms with E-state index in [0.717, 1.165) is 62.6 Å². The molecule has 5 rings (SSSR count). The van der Waals surface area contributed by atoms with E-state index in [2.05, 4.69) is 57.2 Å². The molecule has 2 fully saturated rings. The van der Waals surface area contributed by atoms with E-state index in [-0.39, 0.29) is 6.10 Å². The van der Waals surface area contributed by atoms with Crippen molar-refractivity contribution in [2.75, 3.05) is 31.1 Å². The van der Waals surface area contributed by atoms with Gasteiger partial charge in [0.05, 0.1) is 11.8 Å². The number of likely N-dealkylation sites (tertiary alicyclic amines) is 1. The van der Waals surface area contributed by atoms with Crippen LogP contribution in [0.25, 0.3) is 22.0 Å². The van der Waals surface area contributed by atoms with Gasteiger partial charge in [0.25, 0.3) is 0 Å². The molecule has 2 aliphatic rings. The third-order valence-corrected chi connectivity index (χ3v) is 6.08. The second kappa shape index (κ2) is 7.49. The lowest BCUT2D eigenvalue weighted by atomic mass is 10.1. The van der Waals surface area contributed by atoms with Gasteiger partial charge in [0.2, 0.25) is 5.95 Å². The van der Waals surface area contributed by atoms with Gasteiger partial charge >= 0.3 is 0 Å². The molecule has 1 N–H and O–H groups in total. The normalized spacial score (nSPS) is 23.4. The van der Waals surface area contributed by atoms with Gasteiger partial charge in [0, 0.05) is 37.4 Å². The van der Waals surface area contributed by atoms with Crippen LogP contribution in [-0.2, 0) is 0 Å². The first kappa shape index (κ1) is 17.6. The summed E-state index contributed by atoms with van der Waals surface area (Å²) in [5.74, 6) is 0.811. The number of hydrogen-bond donors (Lipinski definition) is 1. The Bertz CT molecular complexity index is 975. The van der Waals surface area contributed by atoms with Gasteiger partial charge in [0.1, 0.15) is 0 Å². The molecule has 2 atom stereocenters. The van der Waals surface area contributed by atoms with Crippen molar-refractivity contribution >= 4 is 16.7 Å². The monoisotopic (exact) mass is 374 g/mol. The molecule has 1 aromatic heterocycles. The van der Waals surface area contributed by atoms with Crippen LogP contribution in [-0.4, -0.2) is 58.3 Å². The predicted octanol–water partition coefficient (Wildman–Crippen LogP) is 3.33. The summed E-state index contributed by atoms with van der Waals surface area (Å²) in [7, 11) is 0. The van der Waals surface area contributed by atoms with E-state index in [1.165, 1.54) is 10.8 Å². The number of piperidine rings is 1. The van der Waals surface area contributed by atoms with Crippen LogP contribution in [0.3, 0.4) is 0 Å². The second-order valence-corrected chi connectivity index (χ2v) is 7.98. The Morgan fingerprint density at radius 2 is 1.82 bits per heavy atom. The van der Waals surface area contributed by atoms with Gasteiger partial charge in [-0.05, 0) is 48.7 Å². The molecule has 2 aromatic carbocycles. The lowest BCUT2D eigenvalue weighted by Crippen LogP contribution is -2.45. The highest BCUT2D eigenvalue weighted by Crippen LogP contribution is 2.26. The van der Waals surface area contributed by atoms with Crippen molar-refractivity contribution < 1.29 is 5.11 Å². The number of aliphatic hydroxyl groups excluding tert-OH is 1. The van der Waals surface area contributed by atoms with Crippen molar-refractivity contribution in [2.45, 2.75) is 31.4 Å². The number of anilines is 1. The van der Waals surface area contributed by atoms with Gasteiger partial charge in [-0.2, -0.15) is 0 Å². The SMILES string of the molecule is O[C@H]1CCCN([C@H]2CCN(c3nccc(-c4ccc5ccccc5c4)n3)C2)C1. The first-order chi connectivity index (χ1) is 13.8. The van der Waals surface area contributed by atoms with E-state index in [9.17, 15) is 5.11 Å². The van der Waals surface area contributed by atoms with Crippen LogP contribution in [0.2, 0.25) is 0 Å². The zero-order valence-corrected chi connectivity index (χ0v) is 16.0. The highest BCUT2D eigenvalue weighted by Gasteiger charge is 2.31. The molecule has 0 amide bonds. The van der Waals surface area contributed by atoms with Crippen LogP contribution in [0.1, 0.15) is 19.3 Å². The number of β-amino-alcohol motifs (C(OH)–C–C–N with tert-alkyl or cyclic N) is 1. The van der Waals surface area contributed by atoms with Crippen molar-refractivity contribution in [1.29, 1.82) is 0 Å². The summed E-state index contributed by atoms with van der Waals surface area (Å²) < 4.78 is 0. The third kappa shape index (κ3) is 3.48. The molecule has 5 nitrogen and oxygen atoms in total. The van der Waals surface area contributed by atoms with Crippen LogP contribution < -0.4 is 4.90 Å². The molecular formula is C23H26N4O. The summed E-state index contributed by atoms with van der Waals surface area (Å²) in [6.45, 7) is 3.80. The Kier molecular flexibility index (Phi) is 4.71. The highest BCUT2D eigenvalue weighted by molar-refractivity contribution is 5.86. The Hall–Kier alpha value is -2.50. The van der Waals surface area contributed by atoms with E-state index in [1.54, 1.807) is 0 Å².